The number of ether oxygens (including phenoxy) is 5. The highest BCUT2D eigenvalue weighted by Gasteiger charge is 2.30. The second-order valence-electron chi connectivity index (χ2n) is 8.18. The van der Waals surface area contributed by atoms with Crippen molar-refractivity contribution in [2.75, 3.05) is 33.5 Å². The van der Waals surface area contributed by atoms with Crippen molar-refractivity contribution in [3.63, 3.8) is 0 Å². The summed E-state index contributed by atoms with van der Waals surface area (Å²) >= 11 is 0. The molecule has 0 saturated carbocycles. The number of esters is 1. The minimum atomic E-state index is -4.33. The molecule has 2 heterocycles. The zero-order valence-electron chi connectivity index (χ0n) is 20.6. The summed E-state index contributed by atoms with van der Waals surface area (Å²) in [6.07, 6.45) is -3.02. The molecule has 0 bridgehead atoms. The number of nitrogens with zero attached hydrogens (tertiary/aromatic N) is 2. The number of hydrogen-bond donors (Lipinski definition) is 2. The minimum Gasteiger partial charge on any atom is -0.494 e. The third-order valence-corrected chi connectivity index (χ3v) is 5.34. The average molecular weight is 539 g/mol. The number of carbonyl (C=O) groups excluding carboxylic acids is 1. The van der Waals surface area contributed by atoms with Gasteiger partial charge in [-0.15, -0.1) is 0 Å². The Balaban J connectivity index is 0.000000211. The zero-order valence-corrected chi connectivity index (χ0v) is 20.6. The third kappa shape index (κ3) is 9.05. The summed E-state index contributed by atoms with van der Waals surface area (Å²) in [4.78, 5) is 19.5. The highest BCUT2D eigenvalue weighted by atomic mass is 19.4. The van der Waals surface area contributed by atoms with Crippen LogP contribution in [0.15, 0.2) is 58.5 Å². The zero-order chi connectivity index (χ0) is 27.5. The van der Waals surface area contributed by atoms with Crippen LogP contribution in [0.4, 0.5) is 13.2 Å². The molecule has 4 rings (SSSR count). The van der Waals surface area contributed by atoms with E-state index in [9.17, 15) is 18.0 Å². The number of rotatable bonds is 9. The first-order valence-corrected chi connectivity index (χ1v) is 11.7. The number of nitrogens with two attached hydrogens (primary N) is 2. The lowest BCUT2D eigenvalue weighted by Gasteiger charge is -2.10. The first-order valence-electron chi connectivity index (χ1n) is 11.7. The molecule has 0 amide bonds. The van der Waals surface area contributed by atoms with E-state index in [0.29, 0.717) is 56.3 Å². The van der Waals surface area contributed by atoms with Gasteiger partial charge < -0.3 is 35.2 Å². The van der Waals surface area contributed by atoms with E-state index in [1.165, 1.54) is 19.2 Å². The summed E-state index contributed by atoms with van der Waals surface area (Å²) in [5.41, 5.74) is 10.5. The van der Waals surface area contributed by atoms with Gasteiger partial charge >= 0.3 is 12.1 Å². The van der Waals surface area contributed by atoms with Crippen LogP contribution in [0.3, 0.4) is 0 Å². The Labute approximate surface area is 217 Å². The van der Waals surface area contributed by atoms with E-state index in [0.717, 1.165) is 12.1 Å². The SMILES string of the molecule is COC(=O)c1cccc(OCC[C@H]2COC(N)=N2)c1.NC1=N[C@@H](CCOc2ccc(C(F)(F)F)cc2)CO1. The molecule has 2 aliphatic heterocycles. The Morgan fingerprint density at radius 1 is 0.921 bits per heavy atom. The molecule has 2 aliphatic rings. The number of aliphatic imine (C=N–C) groups is 2. The number of carbonyl (C=O) groups is 1. The Morgan fingerprint density at radius 3 is 1.95 bits per heavy atom. The van der Waals surface area contributed by atoms with Crippen LogP contribution in [0.5, 0.6) is 11.5 Å². The number of amidine groups is 2. The smallest absolute Gasteiger partial charge is 0.416 e. The molecule has 0 aliphatic carbocycles. The maximum Gasteiger partial charge on any atom is 0.416 e. The van der Waals surface area contributed by atoms with Gasteiger partial charge in [0.15, 0.2) is 0 Å². The molecule has 0 saturated heterocycles. The van der Waals surface area contributed by atoms with E-state index in [2.05, 4.69) is 14.7 Å². The molecule has 2 aromatic rings. The Kier molecular flexibility index (Phi) is 10.0. The summed E-state index contributed by atoms with van der Waals surface area (Å²) in [5.74, 6) is 0.634. The van der Waals surface area contributed by atoms with E-state index in [4.69, 9.17) is 30.4 Å². The average Bonchev–Trinajstić information content (AvgIpc) is 3.51. The molecule has 13 heteroatoms. The molecular formula is C25H29F3N4O6. The minimum absolute atomic E-state index is 0.0452. The second-order valence-corrected chi connectivity index (χ2v) is 8.18. The quantitative estimate of drug-likeness (QED) is 0.464. The van der Waals surface area contributed by atoms with Crippen LogP contribution >= 0.6 is 0 Å². The van der Waals surface area contributed by atoms with Crippen molar-refractivity contribution in [1.82, 2.24) is 0 Å². The number of halogens is 3. The predicted molar refractivity (Wildman–Crippen MR) is 132 cm³/mol. The van der Waals surface area contributed by atoms with Gasteiger partial charge in [-0.3, -0.25) is 0 Å². The van der Waals surface area contributed by atoms with Gasteiger partial charge in [0.2, 0.25) is 0 Å². The molecule has 206 valence electrons. The van der Waals surface area contributed by atoms with Crippen molar-refractivity contribution >= 4 is 18.0 Å². The lowest BCUT2D eigenvalue weighted by molar-refractivity contribution is -0.137. The number of benzene rings is 2. The van der Waals surface area contributed by atoms with Crippen molar-refractivity contribution < 1.29 is 41.7 Å². The van der Waals surface area contributed by atoms with E-state index in [-0.39, 0.29) is 30.1 Å². The number of methoxy groups -OCH3 is 1. The van der Waals surface area contributed by atoms with Crippen molar-refractivity contribution in [2.24, 2.45) is 21.5 Å². The van der Waals surface area contributed by atoms with Crippen LogP contribution in [-0.2, 0) is 20.4 Å². The second kappa shape index (κ2) is 13.4. The molecule has 0 fully saturated rings. The normalized spacial score (nSPS) is 18.2. The summed E-state index contributed by atoms with van der Waals surface area (Å²) < 4.78 is 62.6. The highest BCUT2D eigenvalue weighted by molar-refractivity contribution is 5.89. The standard InChI is InChI=1S/C13H16N2O4.C12H13F3N2O2/c1-17-12(16)9-3-2-4-11(7-9)18-6-5-10-8-19-13(14)15-10;13-12(14,15)8-1-3-10(4-2-8)18-6-5-9-7-19-11(16)17-9/h2-4,7,10H,5-6,8H2,1H3,(H2,14,15);1-4,9H,5-7H2,(H2,16,17)/t10-;9-/m00/s1. The largest absolute Gasteiger partial charge is 0.494 e. The molecule has 0 unspecified atom stereocenters. The van der Waals surface area contributed by atoms with Crippen molar-refractivity contribution in [2.45, 2.75) is 31.1 Å². The maximum absolute atomic E-state index is 12.3. The van der Waals surface area contributed by atoms with Gasteiger partial charge in [0.25, 0.3) is 12.0 Å². The van der Waals surface area contributed by atoms with Gasteiger partial charge in [-0.1, -0.05) is 6.07 Å². The van der Waals surface area contributed by atoms with Gasteiger partial charge in [-0.2, -0.15) is 13.2 Å². The number of alkyl halides is 3. The first-order chi connectivity index (χ1) is 18.1. The number of hydrogen-bond acceptors (Lipinski definition) is 10. The van der Waals surface area contributed by atoms with E-state index in [1.807, 2.05) is 0 Å². The molecule has 0 radical (unpaired) electrons. The summed E-state index contributed by atoms with van der Waals surface area (Å²) in [6.45, 7) is 1.74. The lowest BCUT2D eigenvalue weighted by atomic mass is 10.2. The maximum atomic E-state index is 12.3. The van der Waals surface area contributed by atoms with Crippen LogP contribution in [0.25, 0.3) is 0 Å². The van der Waals surface area contributed by atoms with E-state index in [1.54, 1.807) is 24.3 Å². The summed E-state index contributed by atoms with van der Waals surface area (Å²) in [6, 6.07) is 11.8. The van der Waals surface area contributed by atoms with Crippen LogP contribution in [0.1, 0.15) is 28.8 Å². The predicted octanol–water partition coefficient (Wildman–Crippen LogP) is 3.14. The van der Waals surface area contributed by atoms with Crippen molar-refractivity contribution in [3.05, 3.63) is 59.7 Å². The van der Waals surface area contributed by atoms with Crippen molar-refractivity contribution in [3.8, 4) is 11.5 Å². The van der Waals surface area contributed by atoms with Gasteiger partial charge in [-0.05, 0) is 42.5 Å². The van der Waals surface area contributed by atoms with Crippen LogP contribution in [-0.4, -0.2) is 63.6 Å². The molecule has 2 aromatic carbocycles. The molecule has 2 atom stereocenters. The fourth-order valence-electron chi connectivity index (χ4n) is 3.36. The van der Waals surface area contributed by atoms with Gasteiger partial charge in [-0.25, -0.2) is 14.8 Å². The third-order valence-electron chi connectivity index (χ3n) is 5.34. The van der Waals surface area contributed by atoms with E-state index < -0.39 is 11.7 Å². The van der Waals surface area contributed by atoms with Gasteiger partial charge in [0, 0.05) is 12.8 Å². The Bertz CT molecular complexity index is 1120. The monoisotopic (exact) mass is 538 g/mol. The fraction of sp³-hybridized carbons (Fsp3) is 0.400. The molecule has 38 heavy (non-hydrogen) atoms. The van der Waals surface area contributed by atoms with Gasteiger partial charge in [0.05, 0.1) is 43.5 Å². The first kappa shape index (κ1) is 28.4. The Morgan fingerprint density at radius 2 is 1.47 bits per heavy atom. The van der Waals surface area contributed by atoms with Crippen LogP contribution in [0, 0.1) is 0 Å². The summed E-state index contributed by atoms with van der Waals surface area (Å²) in [7, 11) is 1.35. The van der Waals surface area contributed by atoms with Crippen LogP contribution < -0.4 is 20.9 Å². The molecule has 0 spiro atoms. The molecule has 4 N–H and O–H groups in total. The molecular weight excluding hydrogens is 509 g/mol. The molecule has 0 aromatic heterocycles. The van der Waals surface area contributed by atoms with Crippen LogP contribution in [0.2, 0.25) is 0 Å². The Hall–Kier alpha value is -4.16. The van der Waals surface area contributed by atoms with E-state index >= 15 is 0 Å². The topological polar surface area (TPSA) is 140 Å². The summed E-state index contributed by atoms with van der Waals surface area (Å²) in [5, 5.41) is 0. The molecule has 10 nitrogen and oxygen atoms in total. The van der Waals surface area contributed by atoms with Crippen molar-refractivity contribution in [1.29, 1.82) is 0 Å². The lowest BCUT2D eigenvalue weighted by Crippen LogP contribution is -2.12. The van der Waals surface area contributed by atoms with Gasteiger partial charge in [0.1, 0.15) is 24.7 Å². The highest BCUT2D eigenvalue weighted by Crippen LogP contribution is 2.30. The fourth-order valence-corrected chi connectivity index (χ4v) is 3.36.